The van der Waals surface area contributed by atoms with Gasteiger partial charge >= 0.3 is 0 Å². The molecule has 1 saturated heterocycles. The molecule has 2 rings (SSSR count). The minimum atomic E-state index is -1.15. The molecule has 1 aromatic carbocycles. The van der Waals surface area contributed by atoms with Crippen LogP contribution in [0, 0.1) is 11.3 Å². The minimum absolute atomic E-state index is 0.0998. The molecule has 0 aromatic heterocycles. The Bertz CT molecular complexity index is 534. The summed E-state index contributed by atoms with van der Waals surface area (Å²) >= 11 is 0. The molecule has 2 atom stereocenters. The molecule has 1 heterocycles. The maximum Gasteiger partial charge on any atom is 0.253 e. The molecule has 1 aliphatic heterocycles. The van der Waals surface area contributed by atoms with Crippen molar-refractivity contribution in [1.29, 1.82) is 5.26 Å². The van der Waals surface area contributed by atoms with Crippen LogP contribution in [-0.4, -0.2) is 45.8 Å². The zero-order valence-electron chi connectivity index (χ0n) is 10.7. The van der Waals surface area contributed by atoms with Crippen LogP contribution in [0.3, 0.4) is 0 Å². The molecule has 1 aromatic rings. The molecule has 0 aliphatic carbocycles. The van der Waals surface area contributed by atoms with Crippen molar-refractivity contribution in [1.82, 2.24) is 4.90 Å². The zero-order valence-corrected chi connectivity index (χ0v) is 10.7. The van der Waals surface area contributed by atoms with E-state index in [1.165, 1.54) is 11.0 Å². The fourth-order valence-corrected chi connectivity index (χ4v) is 2.11. The molecule has 0 saturated carbocycles. The molecule has 2 N–H and O–H groups in total. The Morgan fingerprint density at radius 3 is 2.95 bits per heavy atom. The van der Waals surface area contributed by atoms with E-state index in [0.29, 0.717) is 24.1 Å². The Morgan fingerprint density at radius 2 is 2.32 bits per heavy atom. The summed E-state index contributed by atoms with van der Waals surface area (Å²) in [5, 5.41) is 28.5. The summed E-state index contributed by atoms with van der Waals surface area (Å²) in [5.41, 5.74) is -0.297. The SMILES string of the molecule is C[C@@]1(O)CCN(C(=O)c2cccc(C#N)c2)C[C@H]1O. The predicted molar refractivity (Wildman–Crippen MR) is 68.3 cm³/mol. The fraction of sp³-hybridized carbons (Fsp3) is 0.429. The maximum absolute atomic E-state index is 12.2. The number of aliphatic hydroxyl groups excluding tert-OH is 1. The molecule has 0 unspecified atom stereocenters. The second kappa shape index (κ2) is 5.00. The van der Waals surface area contributed by atoms with Crippen LogP contribution >= 0.6 is 0 Å². The lowest BCUT2D eigenvalue weighted by Gasteiger charge is -2.39. The first-order valence-electron chi connectivity index (χ1n) is 6.14. The summed E-state index contributed by atoms with van der Waals surface area (Å²) in [4.78, 5) is 13.7. The average Bonchev–Trinajstić information content (AvgIpc) is 2.41. The van der Waals surface area contributed by atoms with Crippen LogP contribution in [0.1, 0.15) is 29.3 Å². The van der Waals surface area contributed by atoms with Crippen LogP contribution in [0.4, 0.5) is 0 Å². The Balaban J connectivity index is 2.15. The third-order valence-electron chi connectivity index (χ3n) is 3.52. The molecule has 5 nitrogen and oxygen atoms in total. The predicted octanol–water partition coefficient (Wildman–Crippen LogP) is 0.516. The second-order valence-corrected chi connectivity index (χ2v) is 5.07. The van der Waals surface area contributed by atoms with Gasteiger partial charge in [0.15, 0.2) is 0 Å². The van der Waals surface area contributed by atoms with Gasteiger partial charge in [-0.25, -0.2) is 0 Å². The van der Waals surface area contributed by atoms with Crippen molar-refractivity contribution in [2.75, 3.05) is 13.1 Å². The number of rotatable bonds is 1. The van der Waals surface area contributed by atoms with E-state index in [1.54, 1.807) is 25.1 Å². The molecule has 1 fully saturated rings. The molecule has 100 valence electrons. The number of carbonyl (C=O) groups excluding carboxylic acids is 1. The van der Waals surface area contributed by atoms with Gasteiger partial charge in [-0.3, -0.25) is 4.79 Å². The maximum atomic E-state index is 12.2. The number of benzene rings is 1. The number of amides is 1. The van der Waals surface area contributed by atoms with Crippen LogP contribution < -0.4 is 0 Å². The lowest BCUT2D eigenvalue weighted by Crippen LogP contribution is -2.55. The summed E-state index contributed by atoms with van der Waals surface area (Å²) in [5.74, 6) is -0.230. The van der Waals surface area contributed by atoms with Crippen molar-refractivity contribution >= 4 is 5.91 Å². The molecule has 0 radical (unpaired) electrons. The summed E-state index contributed by atoms with van der Waals surface area (Å²) < 4.78 is 0. The van der Waals surface area contributed by atoms with Crippen molar-refractivity contribution < 1.29 is 15.0 Å². The highest BCUT2D eigenvalue weighted by atomic mass is 16.3. The van der Waals surface area contributed by atoms with E-state index in [9.17, 15) is 15.0 Å². The Kier molecular flexibility index (Phi) is 3.56. The highest BCUT2D eigenvalue weighted by Crippen LogP contribution is 2.23. The van der Waals surface area contributed by atoms with Gasteiger partial charge in [-0.1, -0.05) is 6.07 Å². The third-order valence-corrected chi connectivity index (χ3v) is 3.52. The van der Waals surface area contributed by atoms with Gasteiger partial charge in [0.25, 0.3) is 5.91 Å². The number of carbonyl (C=O) groups is 1. The molecular formula is C14H16N2O3. The van der Waals surface area contributed by atoms with Crippen molar-refractivity contribution in [3.8, 4) is 6.07 Å². The summed E-state index contributed by atoms with van der Waals surface area (Å²) in [6.07, 6.45) is -0.623. The monoisotopic (exact) mass is 260 g/mol. The van der Waals surface area contributed by atoms with E-state index in [-0.39, 0.29) is 12.5 Å². The summed E-state index contributed by atoms with van der Waals surface area (Å²) in [6, 6.07) is 8.44. The van der Waals surface area contributed by atoms with E-state index >= 15 is 0 Å². The number of aliphatic hydroxyl groups is 2. The van der Waals surface area contributed by atoms with Gasteiger partial charge in [-0.05, 0) is 31.5 Å². The molecule has 0 bridgehead atoms. The number of likely N-dealkylation sites (tertiary alicyclic amines) is 1. The smallest absolute Gasteiger partial charge is 0.253 e. The molecule has 0 spiro atoms. The van der Waals surface area contributed by atoms with E-state index in [0.717, 1.165) is 0 Å². The normalized spacial score (nSPS) is 26.8. The number of hydrogen-bond donors (Lipinski definition) is 2. The second-order valence-electron chi connectivity index (χ2n) is 5.07. The van der Waals surface area contributed by atoms with Gasteiger partial charge in [-0.15, -0.1) is 0 Å². The molecule has 5 heteroatoms. The van der Waals surface area contributed by atoms with Gasteiger partial charge in [0.05, 0.1) is 23.3 Å². The summed E-state index contributed by atoms with van der Waals surface area (Å²) in [7, 11) is 0. The van der Waals surface area contributed by atoms with Crippen LogP contribution in [0.2, 0.25) is 0 Å². The Hall–Kier alpha value is -1.90. The van der Waals surface area contributed by atoms with Crippen molar-refractivity contribution in [3.05, 3.63) is 35.4 Å². The highest BCUT2D eigenvalue weighted by Gasteiger charge is 2.38. The molecule has 1 amide bonds. The number of piperidine rings is 1. The largest absolute Gasteiger partial charge is 0.388 e. The standard InChI is InChI=1S/C14H16N2O3/c1-14(19)5-6-16(9-12(14)17)13(18)11-4-2-3-10(7-11)8-15/h2-4,7,12,17,19H,5-6,9H2,1H3/t12-,14-/m1/s1. The van der Waals surface area contributed by atoms with Gasteiger partial charge in [0.1, 0.15) is 0 Å². The van der Waals surface area contributed by atoms with Crippen molar-refractivity contribution in [3.63, 3.8) is 0 Å². The number of β-amino-alcohol motifs (C(OH)–C–C–N with tert-alkyl or cyclic N) is 1. The Labute approximate surface area is 111 Å². The van der Waals surface area contributed by atoms with E-state index < -0.39 is 11.7 Å². The lowest BCUT2D eigenvalue weighted by molar-refractivity contribution is -0.0999. The van der Waals surface area contributed by atoms with Crippen LogP contribution in [0.5, 0.6) is 0 Å². The fourth-order valence-electron chi connectivity index (χ4n) is 2.11. The van der Waals surface area contributed by atoms with Crippen LogP contribution in [0.25, 0.3) is 0 Å². The van der Waals surface area contributed by atoms with Crippen molar-refractivity contribution in [2.24, 2.45) is 0 Å². The van der Waals surface area contributed by atoms with Gasteiger partial charge in [0, 0.05) is 18.7 Å². The average molecular weight is 260 g/mol. The molecule has 19 heavy (non-hydrogen) atoms. The van der Waals surface area contributed by atoms with E-state index in [1.807, 2.05) is 6.07 Å². The van der Waals surface area contributed by atoms with Crippen LogP contribution in [-0.2, 0) is 0 Å². The number of nitrogens with zero attached hydrogens (tertiary/aromatic N) is 2. The topological polar surface area (TPSA) is 84.6 Å². The highest BCUT2D eigenvalue weighted by molar-refractivity contribution is 5.94. The number of nitriles is 1. The van der Waals surface area contributed by atoms with Gasteiger partial charge in [-0.2, -0.15) is 5.26 Å². The van der Waals surface area contributed by atoms with E-state index in [4.69, 9.17) is 5.26 Å². The quantitative estimate of drug-likeness (QED) is 0.770. The first-order valence-corrected chi connectivity index (χ1v) is 6.14. The van der Waals surface area contributed by atoms with Gasteiger partial charge < -0.3 is 15.1 Å². The number of hydrogen-bond acceptors (Lipinski definition) is 4. The minimum Gasteiger partial charge on any atom is -0.388 e. The lowest BCUT2D eigenvalue weighted by atomic mass is 9.90. The molecular weight excluding hydrogens is 244 g/mol. The van der Waals surface area contributed by atoms with E-state index in [2.05, 4.69) is 0 Å². The van der Waals surface area contributed by atoms with Crippen LogP contribution in [0.15, 0.2) is 24.3 Å². The summed E-state index contributed by atoms with van der Waals surface area (Å²) in [6.45, 7) is 2.05. The third kappa shape index (κ3) is 2.75. The molecule has 1 aliphatic rings. The first kappa shape index (κ1) is 13.5. The van der Waals surface area contributed by atoms with Crippen molar-refractivity contribution in [2.45, 2.75) is 25.0 Å². The zero-order chi connectivity index (χ0) is 14.0. The first-order chi connectivity index (χ1) is 8.94. The Morgan fingerprint density at radius 1 is 1.58 bits per heavy atom. The van der Waals surface area contributed by atoms with Gasteiger partial charge in [0.2, 0.25) is 0 Å².